The van der Waals surface area contributed by atoms with Gasteiger partial charge >= 0.3 is 12.1 Å². The number of esters is 1. The molecule has 0 saturated heterocycles. The molecule has 7 heteroatoms. The van der Waals surface area contributed by atoms with Crippen molar-refractivity contribution >= 4 is 23.4 Å². The molecule has 0 atom stereocenters. The predicted octanol–water partition coefficient (Wildman–Crippen LogP) is 4.27. The molecule has 116 valence electrons. The van der Waals surface area contributed by atoms with Crippen LogP contribution in [0.1, 0.15) is 41.6 Å². The third-order valence-electron chi connectivity index (χ3n) is 2.86. The summed E-state index contributed by atoms with van der Waals surface area (Å²) in [5.74, 6) is -0.671. The van der Waals surface area contributed by atoms with E-state index in [0.717, 1.165) is 18.2 Å². The Morgan fingerprint density at radius 3 is 2.33 bits per heavy atom. The molecule has 0 N–H and O–H groups in total. The molecule has 0 amide bonds. The van der Waals surface area contributed by atoms with Crippen LogP contribution in [-0.4, -0.2) is 18.9 Å². The van der Waals surface area contributed by atoms with Gasteiger partial charge in [0, 0.05) is 18.4 Å². The molecule has 21 heavy (non-hydrogen) atoms. The molecule has 3 nitrogen and oxygen atoms in total. The normalized spacial score (nSPS) is 11.3. The van der Waals surface area contributed by atoms with Crippen molar-refractivity contribution in [3.8, 4) is 0 Å². The fraction of sp³-hybridized carbons (Fsp3) is 0.429. The van der Waals surface area contributed by atoms with E-state index >= 15 is 0 Å². The smallest absolute Gasteiger partial charge is 0.417 e. The average Bonchev–Trinajstić information content (AvgIpc) is 2.41. The number of methoxy groups -OCH3 is 1. The number of Topliss-reactive ketones (excluding diaryl/α,β-unsaturated/α-hetero) is 1. The highest BCUT2D eigenvalue weighted by Crippen LogP contribution is 2.35. The first kappa shape index (κ1) is 17.5. The summed E-state index contributed by atoms with van der Waals surface area (Å²) < 4.78 is 42.0. The van der Waals surface area contributed by atoms with Crippen LogP contribution in [-0.2, 0) is 15.7 Å². The zero-order valence-corrected chi connectivity index (χ0v) is 12.1. The third-order valence-corrected chi connectivity index (χ3v) is 3.17. The molecule has 0 aliphatic heterocycles. The molecule has 0 heterocycles. The summed E-state index contributed by atoms with van der Waals surface area (Å²) in [4.78, 5) is 22.7. The molecule has 0 saturated carbocycles. The van der Waals surface area contributed by atoms with E-state index in [0.29, 0.717) is 12.8 Å². The first-order chi connectivity index (χ1) is 9.75. The van der Waals surface area contributed by atoms with E-state index in [-0.39, 0.29) is 30.2 Å². The molecule has 0 aliphatic rings. The largest absolute Gasteiger partial charge is 0.469 e. The number of alkyl halides is 3. The minimum Gasteiger partial charge on any atom is -0.469 e. The van der Waals surface area contributed by atoms with Gasteiger partial charge in [0.15, 0.2) is 5.78 Å². The SMILES string of the molecule is COC(=O)CCCCC(=O)c1ccc(C(F)(F)F)c(Cl)c1. The summed E-state index contributed by atoms with van der Waals surface area (Å²) in [6.07, 6.45) is -3.27. The van der Waals surface area contributed by atoms with Crippen LogP contribution in [0.5, 0.6) is 0 Å². The number of unbranched alkanes of at least 4 members (excludes halogenated alkanes) is 1. The monoisotopic (exact) mass is 322 g/mol. The predicted molar refractivity (Wildman–Crippen MR) is 71.3 cm³/mol. The van der Waals surface area contributed by atoms with Gasteiger partial charge in [-0.25, -0.2) is 0 Å². The van der Waals surface area contributed by atoms with Gasteiger partial charge in [0.05, 0.1) is 17.7 Å². The van der Waals surface area contributed by atoms with E-state index in [9.17, 15) is 22.8 Å². The quantitative estimate of drug-likeness (QED) is 0.446. The number of hydrogen-bond donors (Lipinski definition) is 0. The zero-order chi connectivity index (χ0) is 16.0. The van der Waals surface area contributed by atoms with E-state index in [1.165, 1.54) is 7.11 Å². The molecule has 1 aromatic rings. The fourth-order valence-electron chi connectivity index (χ4n) is 1.72. The maximum Gasteiger partial charge on any atom is 0.417 e. The van der Waals surface area contributed by atoms with Crippen molar-refractivity contribution in [1.29, 1.82) is 0 Å². The van der Waals surface area contributed by atoms with Gasteiger partial charge in [-0.3, -0.25) is 9.59 Å². The molecular weight excluding hydrogens is 309 g/mol. The Hall–Kier alpha value is -1.56. The van der Waals surface area contributed by atoms with Gasteiger partial charge in [-0.05, 0) is 25.0 Å². The second-order valence-corrected chi connectivity index (χ2v) is 4.81. The maximum absolute atomic E-state index is 12.5. The Morgan fingerprint density at radius 1 is 1.19 bits per heavy atom. The van der Waals surface area contributed by atoms with Crippen LogP contribution >= 0.6 is 11.6 Å². The Kier molecular flexibility index (Phi) is 6.20. The second-order valence-electron chi connectivity index (χ2n) is 4.40. The Balaban J connectivity index is 2.60. The van der Waals surface area contributed by atoms with Gasteiger partial charge in [0.25, 0.3) is 0 Å². The average molecular weight is 323 g/mol. The van der Waals surface area contributed by atoms with Crippen molar-refractivity contribution < 1.29 is 27.5 Å². The standard InChI is InChI=1S/C14H14ClF3O3/c1-21-13(20)5-3-2-4-12(19)9-6-7-10(11(15)8-9)14(16,17)18/h6-8H,2-5H2,1H3. The van der Waals surface area contributed by atoms with E-state index < -0.39 is 16.8 Å². The van der Waals surface area contributed by atoms with Crippen LogP contribution in [0.4, 0.5) is 13.2 Å². The van der Waals surface area contributed by atoms with Gasteiger partial charge in [0.1, 0.15) is 0 Å². The number of ketones is 1. The Morgan fingerprint density at radius 2 is 1.81 bits per heavy atom. The van der Waals surface area contributed by atoms with E-state index in [2.05, 4.69) is 4.74 Å². The summed E-state index contributed by atoms with van der Waals surface area (Å²) in [7, 11) is 1.28. The molecule has 0 radical (unpaired) electrons. The van der Waals surface area contributed by atoms with Crippen molar-refractivity contribution in [2.24, 2.45) is 0 Å². The summed E-state index contributed by atoms with van der Waals surface area (Å²) >= 11 is 5.55. The van der Waals surface area contributed by atoms with E-state index in [1.807, 2.05) is 0 Å². The van der Waals surface area contributed by atoms with Crippen LogP contribution in [0.2, 0.25) is 5.02 Å². The van der Waals surface area contributed by atoms with E-state index in [4.69, 9.17) is 11.6 Å². The lowest BCUT2D eigenvalue weighted by Crippen LogP contribution is -2.07. The third kappa shape index (κ3) is 5.38. The minimum atomic E-state index is -4.54. The molecule has 0 aliphatic carbocycles. The van der Waals surface area contributed by atoms with Crippen molar-refractivity contribution in [2.75, 3.05) is 7.11 Å². The van der Waals surface area contributed by atoms with Crippen molar-refractivity contribution in [2.45, 2.75) is 31.9 Å². The molecule has 0 fully saturated rings. The highest BCUT2D eigenvalue weighted by Gasteiger charge is 2.33. The Labute approximate surface area is 125 Å². The van der Waals surface area contributed by atoms with Gasteiger partial charge < -0.3 is 4.74 Å². The Bertz CT molecular complexity index is 527. The van der Waals surface area contributed by atoms with Gasteiger partial charge in [-0.2, -0.15) is 13.2 Å². The molecule has 0 unspecified atom stereocenters. The summed E-state index contributed by atoms with van der Waals surface area (Å²) in [6.45, 7) is 0. The summed E-state index contributed by atoms with van der Waals surface area (Å²) in [5, 5.41) is -0.497. The van der Waals surface area contributed by atoms with Gasteiger partial charge in [-0.15, -0.1) is 0 Å². The number of halogens is 4. The van der Waals surface area contributed by atoms with Gasteiger partial charge in [0.2, 0.25) is 0 Å². The molecular formula is C14H14ClF3O3. The fourth-order valence-corrected chi connectivity index (χ4v) is 2.01. The molecule has 1 aromatic carbocycles. The summed E-state index contributed by atoms with van der Waals surface area (Å²) in [5.41, 5.74) is -0.836. The first-order valence-corrected chi connectivity index (χ1v) is 6.60. The van der Waals surface area contributed by atoms with Crippen LogP contribution in [0.15, 0.2) is 18.2 Å². The zero-order valence-electron chi connectivity index (χ0n) is 11.3. The lowest BCUT2D eigenvalue weighted by atomic mass is 10.0. The maximum atomic E-state index is 12.5. The highest BCUT2D eigenvalue weighted by atomic mass is 35.5. The van der Waals surface area contributed by atoms with Crippen molar-refractivity contribution in [1.82, 2.24) is 0 Å². The van der Waals surface area contributed by atoms with Crippen molar-refractivity contribution in [3.63, 3.8) is 0 Å². The number of ether oxygens (including phenoxy) is 1. The molecule has 0 bridgehead atoms. The number of rotatable bonds is 6. The van der Waals surface area contributed by atoms with Crippen LogP contribution in [0.25, 0.3) is 0 Å². The minimum absolute atomic E-state index is 0.131. The number of carbonyl (C=O) groups excluding carboxylic acids is 2. The summed E-state index contributed by atoms with van der Waals surface area (Å²) in [6, 6.07) is 2.92. The molecule has 0 spiro atoms. The van der Waals surface area contributed by atoms with Crippen molar-refractivity contribution in [3.05, 3.63) is 34.3 Å². The molecule has 1 rings (SSSR count). The second kappa shape index (κ2) is 7.45. The lowest BCUT2D eigenvalue weighted by molar-refractivity contribution is -0.140. The van der Waals surface area contributed by atoms with Crippen LogP contribution in [0.3, 0.4) is 0 Å². The lowest BCUT2D eigenvalue weighted by Gasteiger charge is -2.10. The van der Waals surface area contributed by atoms with Crippen LogP contribution in [0, 0.1) is 0 Å². The first-order valence-electron chi connectivity index (χ1n) is 6.22. The number of carbonyl (C=O) groups is 2. The van der Waals surface area contributed by atoms with Crippen LogP contribution < -0.4 is 0 Å². The molecule has 0 aromatic heterocycles. The topological polar surface area (TPSA) is 43.4 Å². The number of benzene rings is 1. The van der Waals surface area contributed by atoms with Gasteiger partial charge in [-0.1, -0.05) is 17.7 Å². The van der Waals surface area contributed by atoms with E-state index in [1.54, 1.807) is 0 Å². The highest BCUT2D eigenvalue weighted by molar-refractivity contribution is 6.31. The number of hydrogen-bond acceptors (Lipinski definition) is 3.